The van der Waals surface area contributed by atoms with Crippen molar-refractivity contribution in [2.45, 2.75) is 245 Å². The van der Waals surface area contributed by atoms with Crippen LogP contribution in [0.4, 0.5) is 0 Å². The third-order valence-corrected chi connectivity index (χ3v) is 12.2. The summed E-state index contributed by atoms with van der Waals surface area (Å²) in [5.41, 5.74) is 0. The van der Waals surface area contributed by atoms with Gasteiger partial charge in [0, 0.05) is 12.8 Å². The zero-order valence-corrected chi connectivity index (χ0v) is 49.1. The van der Waals surface area contributed by atoms with Gasteiger partial charge in [-0.2, -0.15) is 0 Å². The summed E-state index contributed by atoms with van der Waals surface area (Å²) in [5, 5.41) is 0. The Morgan fingerprint density at radius 3 is 0.870 bits per heavy atom. The summed E-state index contributed by atoms with van der Waals surface area (Å²) < 4.78 is 16.7. The molecule has 6 heteroatoms. The maximum absolute atomic E-state index is 12.8. The molecule has 0 N–H and O–H groups in total. The second-order valence-corrected chi connectivity index (χ2v) is 19.5. The average molecular weight is 1060 g/mol. The quantitative estimate of drug-likeness (QED) is 0.0261. The molecule has 0 aliphatic rings. The SMILES string of the molecule is CC/C=C\C/C=C\C/C=C\C/C=C\C/C=C\C/C=C\C/C=C\C/C=C\CCCCCCC(=O)OCC(COC(=O)CCCCCCC/C=C\CCCCCCCC)OC(=O)C/C=C\C/C=C\C/C=C\C/C=C\C/C=C\CC. The molecule has 0 aromatic carbocycles. The zero-order valence-electron chi connectivity index (χ0n) is 49.1. The van der Waals surface area contributed by atoms with E-state index in [4.69, 9.17) is 14.2 Å². The van der Waals surface area contributed by atoms with Crippen molar-refractivity contribution in [1.82, 2.24) is 0 Å². The first kappa shape index (κ1) is 71.8. The van der Waals surface area contributed by atoms with Crippen LogP contribution in [0.3, 0.4) is 0 Å². The predicted molar refractivity (Wildman–Crippen MR) is 334 cm³/mol. The standard InChI is InChI=1S/C71H110O6/c1-4-7-10-13-16-19-22-25-28-29-30-31-32-33-34-35-36-37-38-39-40-41-44-46-49-52-55-58-61-64-70(73)76-67-68(77-71(74)65-62-59-56-53-50-47-43-27-24-21-18-15-12-9-6-3)66-75-69(72)63-60-57-54-51-48-45-42-26-23-20-17-14-11-8-5-2/h7,9-10,12,16,18-19,21,25-28,30-31,33-34,36-37,39-40,42-44,46,50,53,59,62,68H,4-6,8,11,13-15,17,20,22-24,29,32,35,38,41,45,47-49,51-52,54-58,60-61,63-67H2,1-3H3/b10-7-,12-9-,19-16-,21-18-,28-25-,31-30-,34-33-,37-36-,40-39-,42-26-,43-27-,46-44-,53-50-,62-59-. The topological polar surface area (TPSA) is 78.9 Å². The van der Waals surface area contributed by atoms with Crippen molar-refractivity contribution in [3.05, 3.63) is 170 Å². The molecule has 0 heterocycles. The van der Waals surface area contributed by atoms with Crippen molar-refractivity contribution in [1.29, 1.82) is 0 Å². The van der Waals surface area contributed by atoms with Crippen LogP contribution in [0.15, 0.2) is 170 Å². The number of rotatable bonds is 53. The molecule has 6 nitrogen and oxygen atoms in total. The van der Waals surface area contributed by atoms with Crippen molar-refractivity contribution in [3.63, 3.8) is 0 Å². The average Bonchev–Trinajstić information content (AvgIpc) is 3.43. The summed E-state index contributed by atoms with van der Waals surface area (Å²) >= 11 is 0. The van der Waals surface area contributed by atoms with Crippen LogP contribution in [-0.2, 0) is 28.6 Å². The van der Waals surface area contributed by atoms with Crippen LogP contribution in [0, 0.1) is 0 Å². The van der Waals surface area contributed by atoms with E-state index in [0.717, 1.165) is 141 Å². The van der Waals surface area contributed by atoms with Gasteiger partial charge in [0.2, 0.25) is 0 Å². The minimum Gasteiger partial charge on any atom is -0.462 e. The largest absolute Gasteiger partial charge is 0.462 e. The van der Waals surface area contributed by atoms with Crippen LogP contribution in [0.25, 0.3) is 0 Å². The van der Waals surface area contributed by atoms with E-state index in [0.29, 0.717) is 19.3 Å². The molecule has 0 saturated heterocycles. The Morgan fingerprint density at radius 1 is 0.286 bits per heavy atom. The van der Waals surface area contributed by atoms with Gasteiger partial charge in [0.05, 0.1) is 6.42 Å². The van der Waals surface area contributed by atoms with Crippen LogP contribution >= 0.6 is 0 Å². The van der Waals surface area contributed by atoms with E-state index in [1.54, 1.807) is 6.08 Å². The number of hydrogen-bond donors (Lipinski definition) is 0. The number of unbranched alkanes of at least 4 members (excludes halogenated alkanes) is 15. The maximum atomic E-state index is 12.8. The van der Waals surface area contributed by atoms with Gasteiger partial charge in [0.25, 0.3) is 0 Å². The molecule has 0 bridgehead atoms. The first-order chi connectivity index (χ1) is 38.0. The van der Waals surface area contributed by atoms with Crippen molar-refractivity contribution in [3.8, 4) is 0 Å². The third kappa shape index (κ3) is 61.5. The van der Waals surface area contributed by atoms with Gasteiger partial charge in [-0.1, -0.05) is 255 Å². The molecule has 430 valence electrons. The highest BCUT2D eigenvalue weighted by atomic mass is 16.6. The smallest absolute Gasteiger partial charge is 0.310 e. The lowest BCUT2D eigenvalue weighted by Crippen LogP contribution is -2.30. The van der Waals surface area contributed by atoms with Crippen molar-refractivity contribution in [2.24, 2.45) is 0 Å². The Bertz CT molecular complexity index is 1790. The summed E-state index contributed by atoms with van der Waals surface area (Å²) in [7, 11) is 0. The molecule has 0 radical (unpaired) electrons. The highest BCUT2D eigenvalue weighted by molar-refractivity contribution is 5.72. The number of allylic oxidation sites excluding steroid dienone is 27. The highest BCUT2D eigenvalue weighted by Gasteiger charge is 2.19. The van der Waals surface area contributed by atoms with E-state index in [2.05, 4.69) is 179 Å². The molecule has 0 fully saturated rings. The maximum Gasteiger partial charge on any atom is 0.310 e. The summed E-state index contributed by atoms with van der Waals surface area (Å²) in [6.45, 7) is 6.28. The Kier molecular flexibility index (Phi) is 59.0. The van der Waals surface area contributed by atoms with Crippen LogP contribution in [0.2, 0.25) is 0 Å². The van der Waals surface area contributed by atoms with Crippen molar-refractivity contribution in [2.75, 3.05) is 13.2 Å². The monoisotopic (exact) mass is 1060 g/mol. The molecule has 0 aliphatic carbocycles. The fourth-order valence-electron chi connectivity index (χ4n) is 7.70. The number of ether oxygens (including phenoxy) is 3. The number of esters is 3. The first-order valence-corrected chi connectivity index (χ1v) is 30.6. The van der Waals surface area contributed by atoms with E-state index in [1.807, 2.05) is 6.08 Å². The van der Waals surface area contributed by atoms with Gasteiger partial charge in [0.15, 0.2) is 6.10 Å². The van der Waals surface area contributed by atoms with Gasteiger partial charge in [-0.05, 0) is 135 Å². The Hall–Kier alpha value is -5.23. The number of carbonyl (C=O) groups excluding carboxylic acids is 3. The molecule has 0 aliphatic heterocycles. The Morgan fingerprint density at radius 2 is 0.545 bits per heavy atom. The predicted octanol–water partition coefficient (Wildman–Crippen LogP) is 21.1. The number of carbonyl (C=O) groups is 3. The molecule has 0 rings (SSSR count). The molecular formula is C71H110O6. The first-order valence-electron chi connectivity index (χ1n) is 30.6. The molecular weight excluding hydrogens is 949 g/mol. The van der Waals surface area contributed by atoms with Crippen LogP contribution < -0.4 is 0 Å². The van der Waals surface area contributed by atoms with Crippen molar-refractivity contribution >= 4 is 17.9 Å². The van der Waals surface area contributed by atoms with E-state index in [1.165, 1.54) is 51.4 Å². The summed E-state index contributed by atoms with van der Waals surface area (Å²) in [5.74, 6) is -1.11. The van der Waals surface area contributed by atoms with E-state index in [-0.39, 0.29) is 31.6 Å². The van der Waals surface area contributed by atoms with Crippen LogP contribution in [0.5, 0.6) is 0 Å². The summed E-state index contributed by atoms with van der Waals surface area (Å²) in [6, 6.07) is 0. The van der Waals surface area contributed by atoms with Crippen molar-refractivity contribution < 1.29 is 28.6 Å². The number of hydrogen-bond acceptors (Lipinski definition) is 6. The normalized spacial score (nSPS) is 13.3. The second kappa shape index (κ2) is 63.3. The molecule has 0 aromatic heterocycles. The molecule has 1 unspecified atom stereocenters. The summed E-state index contributed by atoms with van der Waals surface area (Å²) in [6.07, 6.45) is 93.8. The molecule has 0 saturated carbocycles. The van der Waals surface area contributed by atoms with Gasteiger partial charge in [-0.25, -0.2) is 0 Å². The third-order valence-electron chi connectivity index (χ3n) is 12.2. The fourth-order valence-corrected chi connectivity index (χ4v) is 7.70. The lowest BCUT2D eigenvalue weighted by molar-refractivity contribution is -0.166. The highest BCUT2D eigenvalue weighted by Crippen LogP contribution is 2.12. The lowest BCUT2D eigenvalue weighted by Gasteiger charge is -2.18. The molecule has 1 atom stereocenters. The van der Waals surface area contributed by atoms with Crippen LogP contribution in [0.1, 0.15) is 239 Å². The van der Waals surface area contributed by atoms with E-state index in [9.17, 15) is 14.4 Å². The van der Waals surface area contributed by atoms with Crippen LogP contribution in [-0.4, -0.2) is 37.2 Å². The van der Waals surface area contributed by atoms with Gasteiger partial charge in [-0.15, -0.1) is 0 Å². The van der Waals surface area contributed by atoms with Gasteiger partial charge >= 0.3 is 17.9 Å². The second-order valence-electron chi connectivity index (χ2n) is 19.5. The van der Waals surface area contributed by atoms with Gasteiger partial charge in [-0.3, -0.25) is 14.4 Å². The summed E-state index contributed by atoms with van der Waals surface area (Å²) in [4.78, 5) is 38.2. The Balaban J connectivity index is 4.49. The van der Waals surface area contributed by atoms with Gasteiger partial charge in [0.1, 0.15) is 13.2 Å². The zero-order chi connectivity index (χ0) is 55.7. The van der Waals surface area contributed by atoms with E-state index >= 15 is 0 Å². The molecule has 77 heavy (non-hydrogen) atoms. The molecule has 0 aromatic rings. The lowest BCUT2D eigenvalue weighted by atomic mass is 10.1. The minimum absolute atomic E-state index is 0.0811. The Labute approximate surface area is 472 Å². The molecule has 0 spiro atoms. The van der Waals surface area contributed by atoms with E-state index < -0.39 is 12.1 Å². The van der Waals surface area contributed by atoms with Gasteiger partial charge < -0.3 is 14.2 Å². The fraction of sp³-hybridized carbons (Fsp3) is 0.563. The minimum atomic E-state index is -0.856. The molecule has 0 amide bonds.